The SMILES string of the molecule is Clc1ccc(NCc2ccc(C3CC3)cc2)cc1Br. The Balaban J connectivity index is 1.63. The molecule has 1 fully saturated rings. The number of benzene rings is 2. The molecule has 1 N–H and O–H groups in total. The summed E-state index contributed by atoms with van der Waals surface area (Å²) in [5.74, 6) is 0.828. The van der Waals surface area contributed by atoms with E-state index in [1.165, 1.54) is 24.0 Å². The van der Waals surface area contributed by atoms with Crippen molar-refractivity contribution in [2.75, 3.05) is 5.32 Å². The van der Waals surface area contributed by atoms with Crippen molar-refractivity contribution in [1.82, 2.24) is 0 Å². The van der Waals surface area contributed by atoms with E-state index in [9.17, 15) is 0 Å². The molecule has 1 aliphatic rings. The quantitative estimate of drug-likeness (QED) is 0.767. The predicted molar refractivity (Wildman–Crippen MR) is 84.9 cm³/mol. The van der Waals surface area contributed by atoms with Gasteiger partial charge in [-0.3, -0.25) is 0 Å². The monoisotopic (exact) mass is 335 g/mol. The lowest BCUT2D eigenvalue weighted by molar-refractivity contribution is 1.10. The van der Waals surface area contributed by atoms with Gasteiger partial charge >= 0.3 is 0 Å². The Bertz CT molecular complexity index is 576. The number of halogens is 2. The normalized spacial score (nSPS) is 14.4. The van der Waals surface area contributed by atoms with Crippen molar-refractivity contribution in [3.63, 3.8) is 0 Å². The first kappa shape index (κ1) is 13.0. The molecule has 0 atom stereocenters. The highest BCUT2D eigenvalue weighted by Crippen LogP contribution is 2.39. The zero-order valence-corrected chi connectivity index (χ0v) is 12.8. The Morgan fingerprint density at radius 3 is 2.47 bits per heavy atom. The summed E-state index contributed by atoms with van der Waals surface area (Å²) in [6.07, 6.45) is 2.72. The van der Waals surface area contributed by atoms with Crippen molar-refractivity contribution in [3.8, 4) is 0 Å². The summed E-state index contributed by atoms with van der Waals surface area (Å²) in [5.41, 5.74) is 3.86. The van der Waals surface area contributed by atoms with Gasteiger partial charge in [0.15, 0.2) is 0 Å². The van der Waals surface area contributed by atoms with Gasteiger partial charge < -0.3 is 5.32 Å². The topological polar surface area (TPSA) is 12.0 Å². The molecule has 2 aromatic rings. The molecule has 19 heavy (non-hydrogen) atoms. The van der Waals surface area contributed by atoms with E-state index in [1.54, 1.807) is 0 Å². The Morgan fingerprint density at radius 2 is 1.84 bits per heavy atom. The molecular formula is C16H15BrClN. The molecular weight excluding hydrogens is 322 g/mol. The molecule has 0 amide bonds. The van der Waals surface area contributed by atoms with Gasteiger partial charge in [0, 0.05) is 16.7 Å². The van der Waals surface area contributed by atoms with Gasteiger partial charge in [-0.25, -0.2) is 0 Å². The molecule has 1 nitrogen and oxygen atoms in total. The van der Waals surface area contributed by atoms with Gasteiger partial charge in [0.2, 0.25) is 0 Å². The fourth-order valence-corrected chi connectivity index (χ4v) is 2.63. The standard InChI is InChI=1S/C16H15BrClN/c17-15-9-14(7-8-16(15)18)19-10-11-1-3-12(4-2-11)13-5-6-13/h1-4,7-9,13,19H,5-6,10H2. The second-order valence-electron chi connectivity index (χ2n) is 5.00. The van der Waals surface area contributed by atoms with Gasteiger partial charge in [-0.15, -0.1) is 0 Å². The molecule has 0 unspecified atom stereocenters. The molecule has 0 saturated heterocycles. The number of nitrogens with one attached hydrogen (secondary N) is 1. The van der Waals surface area contributed by atoms with E-state index in [0.717, 1.165) is 27.6 Å². The van der Waals surface area contributed by atoms with E-state index in [-0.39, 0.29) is 0 Å². The highest BCUT2D eigenvalue weighted by atomic mass is 79.9. The third-order valence-corrected chi connectivity index (χ3v) is 4.66. The maximum atomic E-state index is 5.98. The largest absolute Gasteiger partial charge is 0.381 e. The molecule has 2 aromatic carbocycles. The lowest BCUT2D eigenvalue weighted by atomic mass is 10.1. The summed E-state index contributed by atoms with van der Waals surface area (Å²) < 4.78 is 0.920. The molecule has 0 aliphatic heterocycles. The second-order valence-corrected chi connectivity index (χ2v) is 6.26. The minimum absolute atomic E-state index is 0.735. The zero-order chi connectivity index (χ0) is 13.2. The van der Waals surface area contributed by atoms with E-state index in [4.69, 9.17) is 11.6 Å². The predicted octanol–water partition coefficient (Wildman–Crippen LogP) is 5.59. The molecule has 3 heteroatoms. The first-order valence-corrected chi connectivity index (χ1v) is 7.67. The van der Waals surface area contributed by atoms with Crippen LogP contribution in [0.15, 0.2) is 46.9 Å². The summed E-state index contributed by atoms with van der Waals surface area (Å²) in [6, 6.07) is 14.8. The average molecular weight is 337 g/mol. The molecule has 98 valence electrons. The van der Waals surface area contributed by atoms with Gasteiger partial charge in [-0.05, 0) is 64.0 Å². The molecule has 0 aromatic heterocycles. The Kier molecular flexibility index (Phi) is 3.81. The van der Waals surface area contributed by atoms with Crippen LogP contribution in [0.25, 0.3) is 0 Å². The minimum Gasteiger partial charge on any atom is -0.381 e. The van der Waals surface area contributed by atoms with E-state index >= 15 is 0 Å². The zero-order valence-electron chi connectivity index (χ0n) is 10.5. The molecule has 0 radical (unpaired) electrons. The highest BCUT2D eigenvalue weighted by molar-refractivity contribution is 9.10. The average Bonchev–Trinajstić information content (AvgIpc) is 3.25. The summed E-state index contributed by atoms with van der Waals surface area (Å²) in [5, 5.41) is 4.14. The highest BCUT2D eigenvalue weighted by Gasteiger charge is 2.22. The number of anilines is 1. The van der Waals surface area contributed by atoms with Crippen LogP contribution in [-0.4, -0.2) is 0 Å². The van der Waals surface area contributed by atoms with Crippen molar-refractivity contribution in [1.29, 1.82) is 0 Å². The van der Waals surface area contributed by atoms with Crippen molar-refractivity contribution < 1.29 is 0 Å². The van der Waals surface area contributed by atoms with E-state index in [1.807, 2.05) is 18.2 Å². The van der Waals surface area contributed by atoms with Crippen molar-refractivity contribution in [2.24, 2.45) is 0 Å². The number of hydrogen-bond acceptors (Lipinski definition) is 1. The van der Waals surface area contributed by atoms with E-state index in [0.29, 0.717) is 0 Å². The van der Waals surface area contributed by atoms with Crippen LogP contribution in [0.2, 0.25) is 5.02 Å². The van der Waals surface area contributed by atoms with Gasteiger partial charge in [-0.1, -0.05) is 35.9 Å². The number of rotatable bonds is 4. The first-order valence-electron chi connectivity index (χ1n) is 6.50. The molecule has 3 rings (SSSR count). The van der Waals surface area contributed by atoms with Gasteiger partial charge in [0.1, 0.15) is 0 Å². The Hall–Kier alpha value is -0.990. The summed E-state index contributed by atoms with van der Waals surface area (Å²) >= 11 is 9.41. The molecule has 1 aliphatic carbocycles. The summed E-state index contributed by atoms with van der Waals surface area (Å²) in [7, 11) is 0. The molecule has 1 saturated carbocycles. The minimum atomic E-state index is 0.735. The van der Waals surface area contributed by atoms with E-state index < -0.39 is 0 Å². The van der Waals surface area contributed by atoms with Crippen molar-refractivity contribution in [3.05, 3.63) is 63.1 Å². The van der Waals surface area contributed by atoms with Crippen LogP contribution in [0.5, 0.6) is 0 Å². The van der Waals surface area contributed by atoms with Crippen LogP contribution in [0.1, 0.15) is 29.9 Å². The third-order valence-electron chi connectivity index (χ3n) is 3.44. The maximum absolute atomic E-state index is 5.98. The fraction of sp³-hybridized carbons (Fsp3) is 0.250. The van der Waals surface area contributed by atoms with Crippen molar-refractivity contribution in [2.45, 2.75) is 25.3 Å². The second kappa shape index (κ2) is 5.56. The third kappa shape index (κ3) is 3.31. The van der Waals surface area contributed by atoms with Crippen LogP contribution < -0.4 is 5.32 Å². The maximum Gasteiger partial charge on any atom is 0.0549 e. The molecule has 0 heterocycles. The molecule has 0 spiro atoms. The molecule has 0 bridgehead atoms. The lowest BCUT2D eigenvalue weighted by Gasteiger charge is -2.08. The van der Waals surface area contributed by atoms with Gasteiger partial charge in [0.25, 0.3) is 0 Å². The Morgan fingerprint density at radius 1 is 1.11 bits per heavy atom. The van der Waals surface area contributed by atoms with E-state index in [2.05, 4.69) is 45.5 Å². The fourth-order valence-electron chi connectivity index (χ4n) is 2.13. The van der Waals surface area contributed by atoms with Crippen LogP contribution in [-0.2, 0) is 6.54 Å². The summed E-state index contributed by atoms with van der Waals surface area (Å²) in [6.45, 7) is 0.832. The number of hydrogen-bond donors (Lipinski definition) is 1. The van der Waals surface area contributed by atoms with Crippen LogP contribution in [0.3, 0.4) is 0 Å². The van der Waals surface area contributed by atoms with Crippen LogP contribution in [0, 0.1) is 0 Å². The first-order chi connectivity index (χ1) is 9.22. The van der Waals surface area contributed by atoms with Crippen molar-refractivity contribution >= 4 is 33.2 Å². The van der Waals surface area contributed by atoms with Crippen LogP contribution in [0.4, 0.5) is 5.69 Å². The lowest BCUT2D eigenvalue weighted by Crippen LogP contribution is -1.99. The summed E-state index contributed by atoms with van der Waals surface area (Å²) in [4.78, 5) is 0. The smallest absolute Gasteiger partial charge is 0.0549 e. The van der Waals surface area contributed by atoms with Gasteiger partial charge in [-0.2, -0.15) is 0 Å². The van der Waals surface area contributed by atoms with Crippen LogP contribution >= 0.6 is 27.5 Å². The van der Waals surface area contributed by atoms with Gasteiger partial charge in [0.05, 0.1) is 5.02 Å². The Labute approximate surface area is 127 Å².